The predicted molar refractivity (Wildman–Crippen MR) is 86.3 cm³/mol. The van der Waals surface area contributed by atoms with Gasteiger partial charge in [-0.15, -0.1) is 11.3 Å². The minimum absolute atomic E-state index is 0.444. The molecule has 0 aliphatic heterocycles. The Morgan fingerprint density at radius 1 is 1.30 bits per heavy atom. The van der Waals surface area contributed by atoms with Crippen LogP contribution in [0.25, 0.3) is 10.7 Å². The smallest absolute Gasteiger partial charge is 0.142 e. The van der Waals surface area contributed by atoms with Crippen molar-refractivity contribution in [3.63, 3.8) is 0 Å². The Morgan fingerprint density at radius 2 is 2.05 bits per heavy atom. The second kappa shape index (κ2) is 6.46. The highest BCUT2D eigenvalue weighted by Crippen LogP contribution is 2.32. The molecule has 108 valence electrons. The first kappa shape index (κ1) is 15.1. The molecule has 2 heterocycles. The van der Waals surface area contributed by atoms with E-state index < -0.39 is 0 Å². The highest BCUT2D eigenvalue weighted by Gasteiger charge is 2.16. The maximum atomic E-state index is 4.84. The lowest BCUT2D eigenvalue weighted by molar-refractivity contribution is 0.714. The normalized spacial score (nSPS) is 11.3. The van der Waals surface area contributed by atoms with Crippen LogP contribution in [0, 0.1) is 13.8 Å². The van der Waals surface area contributed by atoms with Crippen LogP contribution in [0.15, 0.2) is 12.3 Å². The van der Waals surface area contributed by atoms with Gasteiger partial charge in [-0.05, 0) is 37.4 Å². The van der Waals surface area contributed by atoms with Crippen LogP contribution >= 0.6 is 11.3 Å². The minimum atomic E-state index is 0.444. The van der Waals surface area contributed by atoms with E-state index in [0.29, 0.717) is 5.92 Å². The molecule has 0 fully saturated rings. The molecule has 0 aliphatic rings. The van der Waals surface area contributed by atoms with Crippen molar-refractivity contribution in [2.45, 2.75) is 47.1 Å². The molecule has 0 bridgehead atoms. The van der Waals surface area contributed by atoms with E-state index in [4.69, 9.17) is 4.98 Å². The SMILES string of the molecule is CCNCc1sc(-c2ncc(C)cc2C)nc1C(C)C. The van der Waals surface area contributed by atoms with Gasteiger partial charge in [0.2, 0.25) is 0 Å². The summed E-state index contributed by atoms with van der Waals surface area (Å²) in [4.78, 5) is 10.7. The first-order chi connectivity index (χ1) is 9.52. The standard InChI is InChI=1S/C16H23N3S/c1-6-17-9-13-14(10(2)3)19-16(20-13)15-12(5)7-11(4)8-18-15/h7-8,10,17H,6,9H2,1-5H3. The number of nitrogens with zero attached hydrogens (tertiary/aromatic N) is 2. The summed E-state index contributed by atoms with van der Waals surface area (Å²) in [6, 6.07) is 2.17. The van der Waals surface area contributed by atoms with Crippen molar-refractivity contribution < 1.29 is 0 Å². The monoisotopic (exact) mass is 289 g/mol. The molecule has 0 aliphatic carbocycles. The third kappa shape index (κ3) is 3.25. The van der Waals surface area contributed by atoms with Crippen molar-refractivity contribution in [1.82, 2.24) is 15.3 Å². The average molecular weight is 289 g/mol. The van der Waals surface area contributed by atoms with Crippen LogP contribution in [0.3, 0.4) is 0 Å². The molecule has 0 saturated heterocycles. The van der Waals surface area contributed by atoms with Gasteiger partial charge in [0, 0.05) is 17.6 Å². The Bertz CT molecular complexity index is 587. The summed E-state index contributed by atoms with van der Waals surface area (Å²) in [6.45, 7) is 12.6. The third-order valence-electron chi connectivity index (χ3n) is 3.23. The molecule has 2 aromatic rings. The van der Waals surface area contributed by atoms with Crippen LogP contribution in [0.5, 0.6) is 0 Å². The van der Waals surface area contributed by atoms with Gasteiger partial charge in [0.25, 0.3) is 0 Å². The second-order valence-electron chi connectivity index (χ2n) is 5.44. The zero-order valence-corrected chi connectivity index (χ0v) is 13.8. The molecule has 20 heavy (non-hydrogen) atoms. The number of hydrogen-bond donors (Lipinski definition) is 1. The summed E-state index contributed by atoms with van der Waals surface area (Å²) >= 11 is 1.76. The van der Waals surface area contributed by atoms with E-state index in [1.54, 1.807) is 11.3 Å². The van der Waals surface area contributed by atoms with Crippen molar-refractivity contribution in [2.24, 2.45) is 0 Å². The Kier molecular flexibility index (Phi) is 4.89. The van der Waals surface area contributed by atoms with Crippen LogP contribution in [-0.2, 0) is 6.54 Å². The third-order valence-corrected chi connectivity index (χ3v) is 4.31. The van der Waals surface area contributed by atoms with Gasteiger partial charge in [-0.2, -0.15) is 0 Å². The first-order valence-corrected chi connectivity index (χ1v) is 7.98. The van der Waals surface area contributed by atoms with Gasteiger partial charge in [-0.1, -0.05) is 26.8 Å². The molecular formula is C16H23N3S. The lowest BCUT2D eigenvalue weighted by Crippen LogP contribution is -2.12. The first-order valence-electron chi connectivity index (χ1n) is 7.16. The number of nitrogens with one attached hydrogen (secondary N) is 1. The van der Waals surface area contributed by atoms with Crippen LogP contribution in [0.4, 0.5) is 0 Å². The molecule has 2 aromatic heterocycles. The van der Waals surface area contributed by atoms with Crippen molar-refractivity contribution in [3.8, 4) is 10.7 Å². The fraction of sp³-hybridized carbons (Fsp3) is 0.500. The molecule has 0 unspecified atom stereocenters. The predicted octanol–water partition coefficient (Wildman–Crippen LogP) is 4.05. The van der Waals surface area contributed by atoms with Gasteiger partial charge in [0.15, 0.2) is 0 Å². The maximum Gasteiger partial charge on any atom is 0.142 e. The molecule has 3 nitrogen and oxygen atoms in total. The number of thiazole rings is 1. The molecule has 0 aromatic carbocycles. The van der Waals surface area contributed by atoms with E-state index in [9.17, 15) is 0 Å². The van der Waals surface area contributed by atoms with Crippen molar-refractivity contribution in [1.29, 1.82) is 0 Å². The summed E-state index contributed by atoms with van der Waals surface area (Å²) in [5.41, 5.74) is 4.61. The Hall–Kier alpha value is -1.26. The van der Waals surface area contributed by atoms with Crippen LogP contribution in [0.2, 0.25) is 0 Å². The van der Waals surface area contributed by atoms with Crippen LogP contribution in [-0.4, -0.2) is 16.5 Å². The van der Waals surface area contributed by atoms with Crippen molar-refractivity contribution >= 4 is 11.3 Å². The van der Waals surface area contributed by atoms with Gasteiger partial charge < -0.3 is 5.32 Å². The van der Waals surface area contributed by atoms with Gasteiger partial charge in [0.1, 0.15) is 10.7 Å². The molecule has 1 N–H and O–H groups in total. The molecule has 2 rings (SSSR count). The number of aromatic nitrogens is 2. The molecule has 0 spiro atoms. The van der Waals surface area contributed by atoms with Gasteiger partial charge in [-0.25, -0.2) is 4.98 Å². The maximum absolute atomic E-state index is 4.84. The molecule has 0 atom stereocenters. The topological polar surface area (TPSA) is 37.8 Å². The number of aryl methyl sites for hydroxylation is 2. The van der Waals surface area contributed by atoms with Crippen LogP contribution in [0.1, 0.15) is 48.4 Å². The van der Waals surface area contributed by atoms with E-state index in [1.807, 2.05) is 6.20 Å². The lowest BCUT2D eigenvalue weighted by Gasteiger charge is -2.04. The lowest BCUT2D eigenvalue weighted by atomic mass is 10.1. The molecule has 0 saturated carbocycles. The highest BCUT2D eigenvalue weighted by atomic mass is 32.1. The summed E-state index contributed by atoms with van der Waals surface area (Å²) in [7, 11) is 0. The van der Waals surface area contributed by atoms with Gasteiger partial charge >= 0.3 is 0 Å². The Morgan fingerprint density at radius 3 is 2.65 bits per heavy atom. The van der Waals surface area contributed by atoms with Crippen molar-refractivity contribution in [3.05, 3.63) is 34.0 Å². The van der Waals surface area contributed by atoms with E-state index in [-0.39, 0.29) is 0 Å². The zero-order chi connectivity index (χ0) is 14.7. The Labute approximate surface area is 125 Å². The van der Waals surface area contributed by atoms with Crippen molar-refractivity contribution in [2.75, 3.05) is 6.54 Å². The van der Waals surface area contributed by atoms with E-state index in [1.165, 1.54) is 21.7 Å². The van der Waals surface area contributed by atoms with E-state index >= 15 is 0 Å². The highest BCUT2D eigenvalue weighted by molar-refractivity contribution is 7.15. The molecular weight excluding hydrogens is 266 g/mol. The fourth-order valence-corrected chi connectivity index (χ4v) is 3.47. The molecule has 0 amide bonds. The van der Waals surface area contributed by atoms with E-state index in [2.05, 4.69) is 51.0 Å². The minimum Gasteiger partial charge on any atom is -0.312 e. The summed E-state index contributed by atoms with van der Waals surface area (Å²) in [6.07, 6.45) is 1.92. The number of hydrogen-bond acceptors (Lipinski definition) is 4. The molecule has 4 heteroatoms. The summed E-state index contributed by atoms with van der Waals surface area (Å²) in [5, 5.41) is 4.44. The van der Waals surface area contributed by atoms with Gasteiger partial charge in [0.05, 0.1) is 5.69 Å². The second-order valence-corrected chi connectivity index (χ2v) is 6.52. The largest absolute Gasteiger partial charge is 0.312 e. The quantitative estimate of drug-likeness (QED) is 0.902. The zero-order valence-electron chi connectivity index (χ0n) is 12.9. The van der Waals surface area contributed by atoms with E-state index in [0.717, 1.165) is 23.8 Å². The summed E-state index contributed by atoms with van der Waals surface area (Å²) in [5.74, 6) is 0.444. The fourth-order valence-electron chi connectivity index (χ4n) is 2.22. The molecule has 0 radical (unpaired) electrons. The summed E-state index contributed by atoms with van der Waals surface area (Å²) < 4.78 is 0. The average Bonchev–Trinajstić information content (AvgIpc) is 2.80. The number of pyridine rings is 1. The number of rotatable bonds is 5. The van der Waals surface area contributed by atoms with Crippen LogP contribution < -0.4 is 5.32 Å². The Balaban J connectivity index is 2.41. The van der Waals surface area contributed by atoms with Gasteiger partial charge in [-0.3, -0.25) is 4.98 Å².